The minimum atomic E-state index is -0.503. The van der Waals surface area contributed by atoms with Crippen molar-refractivity contribution in [2.75, 3.05) is 5.32 Å². The van der Waals surface area contributed by atoms with Gasteiger partial charge in [-0.2, -0.15) is 0 Å². The number of benzene rings is 2. The number of nitro groups is 1. The molecule has 0 spiro atoms. The molecule has 0 aliphatic heterocycles. The molecule has 2 N–H and O–H groups in total. The maximum Gasteiger partial charge on any atom is 0.292 e. The summed E-state index contributed by atoms with van der Waals surface area (Å²) in [6.45, 7) is 1.99. The van der Waals surface area contributed by atoms with E-state index in [0.717, 1.165) is 14.8 Å². The van der Waals surface area contributed by atoms with Crippen molar-refractivity contribution in [3.05, 3.63) is 91.2 Å². The summed E-state index contributed by atoms with van der Waals surface area (Å²) in [4.78, 5) is 27.2. The molecule has 1 heterocycles. The summed E-state index contributed by atoms with van der Waals surface area (Å²) in [5.41, 5.74) is 2.62. The number of nitrogens with zero attached hydrogens (tertiary/aromatic N) is 2. The largest absolute Gasteiger partial charge is 0.348 e. The van der Waals surface area contributed by atoms with Crippen molar-refractivity contribution in [1.82, 2.24) is 10.3 Å². The molecule has 28 heavy (non-hydrogen) atoms. The highest BCUT2D eigenvalue weighted by atomic mass is 127. The van der Waals surface area contributed by atoms with E-state index in [-0.39, 0.29) is 18.1 Å². The minimum Gasteiger partial charge on any atom is -0.348 e. The van der Waals surface area contributed by atoms with E-state index in [1.54, 1.807) is 30.3 Å². The molecular formula is C20H17IN4O3. The number of aromatic nitrogens is 1. The Labute approximate surface area is 175 Å². The van der Waals surface area contributed by atoms with Gasteiger partial charge in [0.15, 0.2) is 0 Å². The molecule has 1 aromatic heterocycles. The van der Waals surface area contributed by atoms with Gasteiger partial charge in [0.05, 0.1) is 17.0 Å². The van der Waals surface area contributed by atoms with Crippen molar-refractivity contribution < 1.29 is 9.72 Å². The van der Waals surface area contributed by atoms with Gasteiger partial charge in [0.1, 0.15) is 12.0 Å². The van der Waals surface area contributed by atoms with E-state index < -0.39 is 4.92 Å². The molecule has 0 aliphatic rings. The lowest BCUT2D eigenvalue weighted by Gasteiger charge is -2.11. The molecule has 0 fully saturated rings. The van der Waals surface area contributed by atoms with Gasteiger partial charge in [-0.25, -0.2) is 4.98 Å². The Morgan fingerprint density at radius 2 is 1.93 bits per heavy atom. The van der Waals surface area contributed by atoms with Gasteiger partial charge in [-0.15, -0.1) is 0 Å². The number of halogens is 1. The topological polar surface area (TPSA) is 97.2 Å². The molecule has 3 aromatic rings. The number of hydrogen-bond donors (Lipinski definition) is 2. The van der Waals surface area contributed by atoms with Crippen molar-refractivity contribution in [2.24, 2.45) is 0 Å². The molecule has 7 nitrogen and oxygen atoms in total. The Morgan fingerprint density at radius 3 is 2.61 bits per heavy atom. The molecular weight excluding hydrogens is 471 g/mol. The minimum absolute atomic E-state index is 0.0207. The van der Waals surface area contributed by atoms with Crippen molar-refractivity contribution in [3.63, 3.8) is 0 Å². The summed E-state index contributed by atoms with van der Waals surface area (Å²) >= 11 is 2.23. The monoisotopic (exact) mass is 488 g/mol. The average Bonchev–Trinajstić information content (AvgIpc) is 2.69. The van der Waals surface area contributed by atoms with E-state index in [1.165, 1.54) is 6.20 Å². The second-order valence-corrected chi connectivity index (χ2v) is 7.33. The van der Waals surface area contributed by atoms with Crippen LogP contribution in [-0.4, -0.2) is 15.8 Å². The molecule has 142 valence electrons. The average molecular weight is 488 g/mol. The van der Waals surface area contributed by atoms with Gasteiger partial charge in [-0.1, -0.05) is 18.2 Å². The third-order valence-corrected chi connectivity index (χ3v) is 4.76. The maximum absolute atomic E-state index is 12.2. The molecule has 0 bridgehead atoms. The lowest BCUT2D eigenvalue weighted by atomic mass is 10.1. The van der Waals surface area contributed by atoms with Crippen molar-refractivity contribution >= 4 is 45.7 Å². The number of nitrogens with one attached hydrogen (secondary N) is 2. The van der Waals surface area contributed by atoms with Crippen LogP contribution in [0.2, 0.25) is 0 Å². The summed E-state index contributed by atoms with van der Waals surface area (Å²) < 4.78 is 1.11. The van der Waals surface area contributed by atoms with E-state index in [0.29, 0.717) is 16.9 Å². The summed E-state index contributed by atoms with van der Waals surface area (Å²) in [6, 6.07) is 16.2. The third kappa shape index (κ3) is 4.83. The Bertz CT molecular complexity index is 1030. The number of anilines is 2. The van der Waals surface area contributed by atoms with Gasteiger partial charge in [0.2, 0.25) is 0 Å². The fourth-order valence-electron chi connectivity index (χ4n) is 2.64. The van der Waals surface area contributed by atoms with Crippen LogP contribution >= 0.6 is 22.6 Å². The normalized spacial score (nSPS) is 10.4. The standard InChI is InChI=1S/C20H17IN4O3/c1-13-9-16(21)7-8-17(13)24-19-10-15(18(12-22-19)25(27)28)11-23-20(26)14-5-3-2-4-6-14/h2-10,12H,11H2,1H3,(H,22,24)(H,23,26). The molecule has 0 radical (unpaired) electrons. The zero-order valence-electron chi connectivity index (χ0n) is 15.0. The molecule has 0 saturated carbocycles. The van der Waals surface area contributed by atoms with E-state index in [9.17, 15) is 14.9 Å². The first kappa shape index (κ1) is 19.7. The van der Waals surface area contributed by atoms with E-state index >= 15 is 0 Å². The Hall–Kier alpha value is -3.01. The predicted octanol–water partition coefficient (Wildman–Crippen LogP) is 4.58. The number of carbonyl (C=O) groups excluding carboxylic acids is 1. The first-order chi connectivity index (χ1) is 13.4. The first-order valence-electron chi connectivity index (χ1n) is 8.44. The summed E-state index contributed by atoms with van der Waals surface area (Å²) in [7, 11) is 0. The molecule has 8 heteroatoms. The van der Waals surface area contributed by atoms with Crippen LogP contribution in [0, 0.1) is 20.6 Å². The lowest BCUT2D eigenvalue weighted by Crippen LogP contribution is -2.23. The highest BCUT2D eigenvalue weighted by Gasteiger charge is 2.17. The Balaban J connectivity index is 1.81. The second kappa shape index (κ2) is 8.79. The van der Waals surface area contributed by atoms with Crippen LogP contribution in [0.25, 0.3) is 0 Å². The molecule has 1 amide bonds. The summed E-state index contributed by atoms with van der Waals surface area (Å²) in [5, 5.41) is 17.2. The van der Waals surface area contributed by atoms with Crippen LogP contribution in [0.5, 0.6) is 0 Å². The van der Waals surface area contributed by atoms with Crippen molar-refractivity contribution in [2.45, 2.75) is 13.5 Å². The molecule has 0 unspecified atom stereocenters. The SMILES string of the molecule is Cc1cc(I)ccc1Nc1cc(CNC(=O)c2ccccc2)c([N+](=O)[O-])cn1. The van der Waals surface area contributed by atoms with E-state index in [1.807, 2.05) is 31.2 Å². The van der Waals surface area contributed by atoms with Crippen LogP contribution in [0.4, 0.5) is 17.2 Å². The highest BCUT2D eigenvalue weighted by Crippen LogP contribution is 2.25. The van der Waals surface area contributed by atoms with Gasteiger partial charge in [0, 0.05) is 14.8 Å². The number of aryl methyl sites for hydroxylation is 1. The van der Waals surface area contributed by atoms with Gasteiger partial charge in [-0.3, -0.25) is 14.9 Å². The summed E-state index contributed by atoms with van der Waals surface area (Å²) in [6.07, 6.45) is 1.20. The van der Waals surface area contributed by atoms with Crippen LogP contribution in [0.1, 0.15) is 21.5 Å². The fraction of sp³-hybridized carbons (Fsp3) is 0.100. The zero-order chi connectivity index (χ0) is 20.1. The van der Waals surface area contributed by atoms with Crippen LogP contribution in [0.15, 0.2) is 60.8 Å². The van der Waals surface area contributed by atoms with Crippen LogP contribution < -0.4 is 10.6 Å². The highest BCUT2D eigenvalue weighted by molar-refractivity contribution is 14.1. The Morgan fingerprint density at radius 1 is 1.18 bits per heavy atom. The number of amides is 1. The molecule has 0 saturated heterocycles. The molecule has 0 aliphatic carbocycles. The molecule has 2 aromatic carbocycles. The number of carbonyl (C=O) groups is 1. The van der Waals surface area contributed by atoms with Crippen LogP contribution in [0.3, 0.4) is 0 Å². The smallest absolute Gasteiger partial charge is 0.292 e. The van der Waals surface area contributed by atoms with E-state index in [2.05, 4.69) is 38.2 Å². The first-order valence-corrected chi connectivity index (χ1v) is 9.51. The van der Waals surface area contributed by atoms with Crippen molar-refractivity contribution in [1.29, 1.82) is 0 Å². The zero-order valence-corrected chi connectivity index (χ0v) is 17.1. The van der Waals surface area contributed by atoms with Gasteiger partial charge in [0.25, 0.3) is 11.6 Å². The van der Waals surface area contributed by atoms with Gasteiger partial charge in [-0.05, 0) is 71.5 Å². The second-order valence-electron chi connectivity index (χ2n) is 6.09. The number of pyridine rings is 1. The van der Waals surface area contributed by atoms with E-state index in [4.69, 9.17) is 0 Å². The maximum atomic E-state index is 12.2. The van der Waals surface area contributed by atoms with Gasteiger partial charge >= 0.3 is 0 Å². The fourth-order valence-corrected chi connectivity index (χ4v) is 3.28. The lowest BCUT2D eigenvalue weighted by molar-refractivity contribution is -0.385. The Kier molecular flexibility index (Phi) is 6.19. The molecule has 3 rings (SSSR count). The van der Waals surface area contributed by atoms with Crippen LogP contribution in [-0.2, 0) is 6.54 Å². The molecule has 0 atom stereocenters. The number of rotatable bonds is 6. The third-order valence-electron chi connectivity index (χ3n) is 4.09. The predicted molar refractivity (Wildman–Crippen MR) is 116 cm³/mol. The quantitative estimate of drug-likeness (QED) is 0.301. The van der Waals surface area contributed by atoms with Gasteiger partial charge < -0.3 is 10.6 Å². The number of hydrogen-bond acceptors (Lipinski definition) is 5. The summed E-state index contributed by atoms with van der Waals surface area (Å²) in [5.74, 6) is 0.175. The van der Waals surface area contributed by atoms with Crippen molar-refractivity contribution in [3.8, 4) is 0 Å².